The summed E-state index contributed by atoms with van der Waals surface area (Å²) in [6.45, 7) is 0.780. The quantitative estimate of drug-likeness (QED) is 0.789. The molecule has 0 aliphatic heterocycles. The summed E-state index contributed by atoms with van der Waals surface area (Å²) in [5.74, 6) is 2.47. The topological polar surface area (TPSA) is 20.3 Å². The molecule has 1 aromatic rings. The highest BCUT2D eigenvalue weighted by Crippen LogP contribution is 2.54. The third kappa shape index (κ3) is 1.88. The summed E-state index contributed by atoms with van der Waals surface area (Å²) < 4.78 is 0. The van der Waals surface area contributed by atoms with Crippen molar-refractivity contribution in [3.63, 3.8) is 0 Å². The summed E-state index contributed by atoms with van der Waals surface area (Å²) in [7, 11) is 1.94. The van der Waals surface area contributed by atoms with Crippen LogP contribution < -0.4 is 0 Å². The van der Waals surface area contributed by atoms with Gasteiger partial charge in [-0.2, -0.15) is 0 Å². The van der Waals surface area contributed by atoms with Crippen LogP contribution in [0.5, 0.6) is 0 Å². The standard InChI is InChI=1S/C13H17NOS/c1-14(8-12-3-2-4-16-12)13(15)11-6-9-5-10(9)7-11/h2-4,9-11H,5-8H2,1H3. The average molecular weight is 235 g/mol. The number of amides is 1. The molecule has 3 rings (SSSR count). The van der Waals surface area contributed by atoms with E-state index in [0.29, 0.717) is 11.8 Å². The highest BCUT2D eigenvalue weighted by Gasteiger charge is 2.48. The third-order valence-electron chi connectivity index (χ3n) is 3.94. The van der Waals surface area contributed by atoms with Crippen LogP contribution in [0, 0.1) is 17.8 Å². The van der Waals surface area contributed by atoms with Crippen molar-refractivity contribution in [1.29, 1.82) is 0 Å². The molecule has 0 bridgehead atoms. The van der Waals surface area contributed by atoms with E-state index >= 15 is 0 Å². The van der Waals surface area contributed by atoms with Gasteiger partial charge in [0.1, 0.15) is 0 Å². The minimum atomic E-state index is 0.328. The third-order valence-corrected chi connectivity index (χ3v) is 4.80. The Bertz CT molecular complexity index is 377. The Morgan fingerprint density at radius 2 is 2.19 bits per heavy atom. The van der Waals surface area contributed by atoms with Crippen LogP contribution >= 0.6 is 11.3 Å². The number of hydrogen-bond donors (Lipinski definition) is 0. The fourth-order valence-corrected chi connectivity index (χ4v) is 3.70. The summed E-state index contributed by atoms with van der Waals surface area (Å²) in [6, 6.07) is 4.14. The molecule has 3 heteroatoms. The Balaban J connectivity index is 1.57. The summed E-state index contributed by atoms with van der Waals surface area (Å²) in [5, 5.41) is 2.07. The van der Waals surface area contributed by atoms with Gasteiger partial charge in [-0.05, 0) is 42.5 Å². The molecule has 2 aliphatic rings. The molecule has 0 aromatic carbocycles. The molecule has 1 aromatic heterocycles. The molecule has 0 saturated heterocycles. The molecule has 2 saturated carbocycles. The van der Waals surface area contributed by atoms with Gasteiger partial charge in [-0.25, -0.2) is 0 Å². The van der Waals surface area contributed by atoms with Gasteiger partial charge in [0, 0.05) is 17.8 Å². The van der Waals surface area contributed by atoms with Gasteiger partial charge in [-0.15, -0.1) is 11.3 Å². The lowest BCUT2D eigenvalue weighted by molar-refractivity contribution is -0.134. The van der Waals surface area contributed by atoms with Crippen LogP contribution in [0.2, 0.25) is 0 Å². The summed E-state index contributed by atoms with van der Waals surface area (Å²) in [4.78, 5) is 15.3. The van der Waals surface area contributed by atoms with Crippen molar-refractivity contribution in [3.8, 4) is 0 Å². The number of carbonyl (C=O) groups excluding carboxylic acids is 1. The van der Waals surface area contributed by atoms with Crippen molar-refractivity contribution in [2.75, 3.05) is 7.05 Å². The summed E-state index contributed by atoms with van der Waals surface area (Å²) >= 11 is 1.73. The van der Waals surface area contributed by atoms with E-state index in [1.807, 2.05) is 18.0 Å². The maximum Gasteiger partial charge on any atom is 0.225 e. The van der Waals surface area contributed by atoms with Gasteiger partial charge in [0.25, 0.3) is 0 Å². The van der Waals surface area contributed by atoms with Gasteiger partial charge in [0.15, 0.2) is 0 Å². The fourth-order valence-electron chi connectivity index (χ4n) is 2.94. The van der Waals surface area contributed by atoms with Gasteiger partial charge in [0.2, 0.25) is 5.91 Å². The minimum Gasteiger partial charge on any atom is -0.340 e. The molecule has 0 spiro atoms. The van der Waals surface area contributed by atoms with Crippen LogP contribution in [0.4, 0.5) is 0 Å². The molecule has 2 atom stereocenters. The predicted octanol–water partition coefficient (Wildman–Crippen LogP) is 2.75. The fraction of sp³-hybridized carbons (Fsp3) is 0.615. The number of thiophene rings is 1. The van der Waals surface area contributed by atoms with Gasteiger partial charge in [-0.3, -0.25) is 4.79 Å². The van der Waals surface area contributed by atoms with Crippen molar-refractivity contribution in [2.24, 2.45) is 17.8 Å². The van der Waals surface area contributed by atoms with Crippen LogP contribution in [0.15, 0.2) is 17.5 Å². The summed E-state index contributed by atoms with van der Waals surface area (Å²) in [5.41, 5.74) is 0. The number of fused-ring (bicyclic) bond motifs is 1. The number of nitrogens with zero attached hydrogens (tertiary/aromatic N) is 1. The van der Waals surface area contributed by atoms with Gasteiger partial charge in [0.05, 0.1) is 6.54 Å². The van der Waals surface area contributed by atoms with Crippen LogP contribution in [-0.4, -0.2) is 17.9 Å². The van der Waals surface area contributed by atoms with Crippen molar-refractivity contribution in [2.45, 2.75) is 25.8 Å². The normalized spacial score (nSPS) is 31.2. The largest absolute Gasteiger partial charge is 0.340 e. The first kappa shape index (κ1) is 10.3. The monoisotopic (exact) mass is 235 g/mol. The Kier molecular flexibility index (Phi) is 2.51. The lowest BCUT2D eigenvalue weighted by atomic mass is 10.0. The zero-order valence-corrected chi connectivity index (χ0v) is 10.4. The molecule has 86 valence electrons. The Labute approximate surface area is 100 Å². The number of hydrogen-bond acceptors (Lipinski definition) is 2. The maximum absolute atomic E-state index is 12.2. The predicted molar refractivity (Wildman–Crippen MR) is 65.1 cm³/mol. The molecular weight excluding hydrogens is 218 g/mol. The second kappa shape index (κ2) is 3.88. The molecule has 2 fully saturated rings. The summed E-state index contributed by atoms with van der Waals surface area (Å²) in [6.07, 6.45) is 3.69. The molecule has 2 aliphatic carbocycles. The highest BCUT2D eigenvalue weighted by atomic mass is 32.1. The molecule has 0 radical (unpaired) electrons. The molecule has 16 heavy (non-hydrogen) atoms. The first-order valence-electron chi connectivity index (χ1n) is 6.01. The number of carbonyl (C=O) groups is 1. The second-order valence-corrected chi connectivity index (χ2v) is 6.23. The molecule has 2 unspecified atom stereocenters. The second-order valence-electron chi connectivity index (χ2n) is 5.20. The maximum atomic E-state index is 12.2. The Hall–Kier alpha value is -0.830. The molecular formula is C13H17NOS. The average Bonchev–Trinajstić information content (AvgIpc) is 2.72. The van der Waals surface area contributed by atoms with E-state index in [4.69, 9.17) is 0 Å². The van der Waals surface area contributed by atoms with Gasteiger partial charge in [-0.1, -0.05) is 6.07 Å². The first-order valence-corrected chi connectivity index (χ1v) is 6.89. The zero-order chi connectivity index (χ0) is 11.1. The Morgan fingerprint density at radius 3 is 2.81 bits per heavy atom. The van der Waals surface area contributed by atoms with E-state index in [0.717, 1.165) is 31.2 Å². The van der Waals surface area contributed by atoms with E-state index in [9.17, 15) is 4.79 Å². The van der Waals surface area contributed by atoms with E-state index < -0.39 is 0 Å². The SMILES string of the molecule is CN(Cc1cccs1)C(=O)C1CC2CC2C1. The highest BCUT2D eigenvalue weighted by molar-refractivity contribution is 7.09. The minimum absolute atomic E-state index is 0.328. The van der Waals surface area contributed by atoms with Crippen molar-refractivity contribution in [1.82, 2.24) is 4.90 Å². The van der Waals surface area contributed by atoms with Gasteiger partial charge >= 0.3 is 0 Å². The van der Waals surface area contributed by atoms with E-state index in [1.165, 1.54) is 11.3 Å². The van der Waals surface area contributed by atoms with Gasteiger partial charge < -0.3 is 4.90 Å². The van der Waals surface area contributed by atoms with Crippen LogP contribution in [0.1, 0.15) is 24.1 Å². The van der Waals surface area contributed by atoms with E-state index in [1.54, 1.807) is 11.3 Å². The first-order chi connectivity index (χ1) is 7.74. The smallest absolute Gasteiger partial charge is 0.225 e. The zero-order valence-electron chi connectivity index (χ0n) is 9.56. The molecule has 2 nitrogen and oxygen atoms in total. The van der Waals surface area contributed by atoms with Crippen LogP contribution in [0.25, 0.3) is 0 Å². The van der Waals surface area contributed by atoms with Crippen LogP contribution in [-0.2, 0) is 11.3 Å². The van der Waals surface area contributed by atoms with E-state index in [2.05, 4.69) is 11.4 Å². The lowest BCUT2D eigenvalue weighted by Gasteiger charge is -2.21. The lowest BCUT2D eigenvalue weighted by Crippen LogP contribution is -2.31. The molecule has 0 N–H and O–H groups in total. The van der Waals surface area contributed by atoms with Crippen LogP contribution in [0.3, 0.4) is 0 Å². The molecule has 1 heterocycles. The van der Waals surface area contributed by atoms with Crippen molar-refractivity contribution < 1.29 is 4.79 Å². The number of rotatable bonds is 3. The van der Waals surface area contributed by atoms with Crippen molar-refractivity contribution >= 4 is 17.2 Å². The van der Waals surface area contributed by atoms with E-state index in [-0.39, 0.29) is 0 Å². The molecule has 1 amide bonds. The Morgan fingerprint density at radius 1 is 1.44 bits per heavy atom. The van der Waals surface area contributed by atoms with Crippen molar-refractivity contribution in [3.05, 3.63) is 22.4 Å².